The first-order chi connectivity index (χ1) is 8.60. The summed E-state index contributed by atoms with van der Waals surface area (Å²) >= 11 is 0. The van der Waals surface area contributed by atoms with Crippen LogP contribution in [0.5, 0.6) is 0 Å². The number of rotatable bonds is 6. The molecule has 0 bridgehead atoms. The van der Waals surface area contributed by atoms with Crippen LogP contribution in [0.1, 0.15) is 66.7 Å². The van der Waals surface area contributed by atoms with Crippen LogP contribution in [0.25, 0.3) is 0 Å². The molecule has 1 aliphatic rings. The molecule has 0 aromatic heterocycles. The summed E-state index contributed by atoms with van der Waals surface area (Å²) < 4.78 is 0. The smallest absolute Gasteiger partial charge is 0.0303 e. The zero-order chi connectivity index (χ0) is 13.6. The van der Waals surface area contributed by atoms with Crippen molar-refractivity contribution in [2.75, 3.05) is 19.6 Å². The number of nitrogens with one attached hydrogen (secondary N) is 1. The maximum Gasteiger partial charge on any atom is 0.0303 e. The molecule has 2 heteroatoms. The average molecular weight is 254 g/mol. The molecule has 1 rings (SSSR count). The predicted octanol–water partition coefficient (Wildman–Crippen LogP) is 3.67. The molecule has 0 aromatic rings. The molecule has 0 saturated carbocycles. The normalized spacial score (nSPS) is 25.3. The Hall–Kier alpha value is -0.0800. The van der Waals surface area contributed by atoms with Crippen molar-refractivity contribution in [2.24, 2.45) is 5.92 Å². The van der Waals surface area contributed by atoms with Crippen molar-refractivity contribution in [3.63, 3.8) is 0 Å². The third-order valence-corrected chi connectivity index (χ3v) is 5.19. The number of hydrogen-bond acceptors (Lipinski definition) is 2. The van der Waals surface area contributed by atoms with Gasteiger partial charge in [0, 0.05) is 24.7 Å². The van der Waals surface area contributed by atoms with Crippen molar-refractivity contribution in [3.05, 3.63) is 0 Å². The summed E-state index contributed by atoms with van der Waals surface area (Å²) in [5, 5.41) is 3.82. The molecular weight excluding hydrogens is 220 g/mol. The van der Waals surface area contributed by atoms with Gasteiger partial charge in [0.1, 0.15) is 0 Å². The van der Waals surface area contributed by atoms with E-state index in [4.69, 9.17) is 0 Å². The molecule has 2 nitrogen and oxygen atoms in total. The fourth-order valence-corrected chi connectivity index (χ4v) is 3.18. The van der Waals surface area contributed by atoms with Crippen molar-refractivity contribution >= 4 is 0 Å². The Balaban J connectivity index is 2.72. The first-order valence-electron chi connectivity index (χ1n) is 8.09. The molecular formula is C16H34N2. The van der Waals surface area contributed by atoms with E-state index < -0.39 is 0 Å². The molecule has 1 unspecified atom stereocenters. The molecule has 1 saturated heterocycles. The topological polar surface area (TPSA) is 15.3 Å². The van der Waals surface area contributed by atoms with Gasteiger partial charge in [0.2, 0.25) is 0 Å². The molecule has 18 heavy (non-hydrogen) atoms. The molecule has 0 amide bonds. The van der Waals surface area contributed by atoms with Gasteiger partial charge in [0.25, 0.3) is 0 Å². The zero-order valence-electron chi connectivity index (χ0n) is 13.3. The molecule has 0 aliphatic carbocycles. The van der Waals surface area contributed by atoms with Gasteiger partial charge in [-0.15, -0.1) is 0 Å². The standard InChI is InChI=1S/C16H34N2/c1-6-15(7-2)12-18-13-16(8-3,9-4)17-11-10-14(18)5/h14-15,17H,6-13H2,1-5H3. The van der Waals surface area contributed by atoms with Crippen molar-refractivity contribution in [3.8, 4) is 0 Å². The van der Waals surface area contributed by atoms with Crippen LogP contribution in [-0.2, 0) is 0 Å². The summed E-state index contributed by atoms with van der Waals surface area (Å²) in [5.74, 6) is 0.872. The van der Waals surface area contributed by atoms with E-state index in [1.807, 2.05) is 0 Å². The quantitative estimate of drug-likeness (QED) is 0.778. The lowest BCUT2D eigenvalue weighted by molar-refractivity contribution is 0.134. The summed E-state index contributed by atoms with van der Waals surface area (Å²) in [6.07, 6.45) is 6.42. The van der Waals surface area contributed by atoms with E-state index in [0.29, 0.717) is 5.54 Å². The molecule has 1 atom stereocenters. The highest BCUT2D eigenvalue weighted by Crippen LogP contribution is 2.24. The Bertz CT molecular complexity index is 219. The van der Waals surface area contributed by atoms with Gasteiger partial charge in [-0.2, -0.15) is 0 Å². The Morgan fingerprint density at radius 3 is 2.28 bits per heavy atom. The summed E-state index contributed by atoms with van der Waals surface area (Å²) in [6, 6.07) is 0.734. The maximum atomic E-state index is 3.82. The van der Waals surface area contributed by atoms with Gasteiger partial charge in [-0.05, 0) is 38.6 Å². The highest BCUT2D eigenvalue weighted by Gasteiger charge is 2.33. The Morgan fingerprint density at radius 1 is 1.17 bits per heavy atom. The molecule has 1 fully saturated rings. The summed E-state index contributed by atoms with van der Waals surface area (Å²) in [6.45, 7) is 15.5. The van der Waals surface area contributed by atoms with E-state index in [2.05, 4.69) is 44.8 Å². The Kier molecular flexibility index (Phi) is 6.65. The largest absolute Gasteiger partial charge is 0.310 e. The fraction of sp³-hybridized carbons (Fsp3) is 1.00. The van der Waals surface area contributed by atoms with Crippen molar-refractivity contribution in [1.82, 2.24) is 10.2 Å². The van der Waals surface area contributed by atoms with E-state index >= 15 is 0 Å². The third-order valence-electron chi connectivity index (χ3n) is 5.19. The van der Waals surface area contributed by atoms with Crippen LogP contribution in [0.4, 0.5) is 0 Å². The van der Waals surface area contributed by atoms with Crippen LogP contribution in [0, 0.1) is 5.92 Å². The first-order valence-corrected chi connectivity index (χ1v) is 8.09. The molecule has 0 spiro atoms. The van der Waals surface area contributed by atoms with E-state index in [0.717, 1.165) is 12.0 Å². The van der Waals surface area contributed by atoms with Gasteiger partial charge < -0.3 is 5.32 Å². The van der Waals surface area contributed by atoms with Gasteiger partial charge in [-0.3, -0.25) is 4.90 Å². The second-order valence-electron chi connectivity index (χ2n) is 6.16. The minimum Gasteiger partial charge on any atom is -0.310 e. The lowest BCUT2D eigenvalue weighted by Crippen LogP contribution is -2.52. The van der Waals surface area contributed by atoms with Crippen LogP contribution < -0.4 is 5.32 Å². The molecule has 0 aromatic carbocycles. The highest BCUT2D eigenvalue weighted by atomic mass is 15.2. The van der Waals surface area contributed by atoms with Gasteiger partial charge in [-0.25, -0.2) is 0 Å². The van der Waals surface area contributed by atoms with Crippen LogP contribution in [0.2, 0.25) is 0 Å². The molecule has 1 N–H and O–H groups in total. The van der Waals surface area contributed by atoms with Gasteiger partial charge in [0.15, 0.2) is 0 Å². The number of nitrogens with zero attached hydrogens (tertiary/aromatic N) is 1. The SMILES string of the molecule is CCC(CC)CN1CC(CC)(CC)NCCC1C. The minimum absolute atomic E-state index is 0.358. The minimum atomic E-state index is 0.358. The second-order valence-corrected chi connectivity index (χ2v) is 6.16. The highest BCUT2D eigenvalue weighted by molar-refractivity contribution is 4.93. The molecule has 1 heterocycles. The molecule has 1 aliphatic heterocycles. The van der Waals surface area contributed by atoms with Crippen molar-refractivity contribution < 1.29 is 0 Å². The predicted molar refractivity (Wildman–Crippen MR) is 81.0 cm³/mol. The monoisotopic (exact) mass is 254 g/mol. The average Bonchev–Trinajstić information content (AvgIpc) is 2.56. The Labute approximate surface area is 115 Å². The van der Waals surface area contributed by atoms with Gasteiger partial charge in [0.05, 0.1) is 0 Å². The molecule has 108 valence electrons. The van der Waals surface area contributed by atoms with Crippen molar-refractivity contribution in [2.45, 2.75) is 78.3 Å². The third kappa shape index (κ3) is 3.96. The van der Waals surface area contributed by atoms with Crippen LogP contribution in [-0.4, -0.2) is 36.1 Å². The van der Waals surface area contributed by atoms with Crippen molar-refractivity contribution in [1.29, 1.82) is 0 Å². The second kappa shape index (κ2) is 7.49. The lowest BCUT2D eigenvalue weighted by atomic mass is 9.91. The van der Waals surface area contributed by atoms with E-state index in [1.165, 1.54) is 51.7 Å². The Morgan fingerprint density at radius 2 is 1.78 bits per heavy atom. The van der Waals surface area contributed by atoms with Gasteiger partial charge in [-0.1, -0.05) is 40.5 Å². The van der Waals surface area contributed by atoms with Gasteiger partial charge >= 0.3 is 0 Å². The summed E-state index contributed by atoms with van der Waals surface area (Å²) in [5.41, 5.74) is 0.358. The summed E-state index contributed by atoms with van der Waals surface area (Å²) in [4.78, 5) is 2.75. The van der Waals surface area contributed by atoms with E-state index in [1.54, 1.807) is 0 Å². The maximum absolute atomic E-state index is 3.82. The van der Waals surface area contributed by atoms with Crippen LogP contribution in [0.3, 0.4) is 0 Å². The van der Waals surface area contributed by atoms with Crippen LogP contribution in [0.15, 0.2) is 0 Å². The summed E-state index contributed by atoms with van der Waals surface area (Å²) in [7, 11) is 0. The molecule has 0 radical (unpaired) electrons. The first kappa shape index (κ1) is 16.0. The number of hydrogen-bond donors (Lipinski definition) is 1. The lowest BCUT2D eigenvalue weighted by Gasteiger charge is -2.38. The van der Waals surface area contributed by atoms with E-state index in [-0.39, 0.29) is 0 Å². The zero-order valence-corrected chi connectivity index (χ0v) is 13.3. The fourth-order valence-electron chi connectivity index (χ4n) is 3.18. The van der Waals surface area contributed by atoms with E-state index in [9.17, 15) is 0 Å². The van der Waals surface area contributed by atoms with Crippen LogP contribution >= 0.6 is 0 Å².